The van der Waals surface area contributed by atoms with Gasteiger partial charge < -0.3 is 10.4 Å². The predicted molar refractivity (Wildman–Crippen MR) is 72.5 cm³/mol. The first-order valence-corrected chi connectivity index (χ1v) is 7.35. The van der Waals surface area contributed by atoms with Gasteiger partial charge in [0.15, 0.2) is 0 Å². The fourth-order valence-electron chi connectivity index (χ4n) is 1.90. The zero-order valence-electron chi connectivity index (χ0n) is 10.1. The van der Waals surface area contributed by atoms with Crippen molar-refractivity contribution in [2.75, 3.05) is 11.1 Å². The van der Waals surface area contributed by atoms with Gasteiger partial charge in [0.2, 0.25) is 5.91 Å². The topological polar surface area (TPSA) is 79.3 Å². The van der Waals surface area contributed by atoms with Gasteiger partial charge in [-0.1, -0.05) is 0 Å². The van der Waals surface area contributed by atoms with Gasteiger partial charge in [0.25, 0.3) is 0 Å². The van der Waals surface area contributed by atoms with Crippen LogP contribution in [0.3, 0.4) is 0 Å². The van der Waals surface area contributed by atoms with Crippen LogP contribution in [0.15, 0.2) is 0 Å². The number of nitrogens with one attached hydrogen (secondary N) is 1. The van der Waals surface area contributed by atoms with Crippen LogP contribution in [0.1, 0.15) is 35.8 Å². The Morgan fingerprint density at radius 1 is 1.50 bits per heavy atom. The minimum atomic E-state index is -1.05. The van der Waals surface area contributed by atoms with Crippen molar-refractivity contribution in [3.8, 4) is 0 Å². The van der Waals surface area contributed by atoms with E-state index in [2.05, 4.69) is 9.69 Å². The molecule has 0 spiro atoms. The van der Waals surface area contributed by atoms with Crippen LogP contribution in [-0.2, 0) is 4.79 Å². The molecule has 2 rings (SSSR count). The second-order valence-corrected chi connectivity index (χ2v) is 6.79. The minimum Gasteiger partial charge on any atom is -0.478 e. The summed E-state index contributed by atoms with van der Waals surface area (Å²) in [6.07, 6.45) is 1.84. The van der Waals surface area contributed by atoms with E-state index in [9.17, 15) is 9.59 Å². The van der Waals surface area contributed by atoms with Crippen molar-refractivity contribution in [3.63, 3.8) is 0 Å². The normalized spacial score (nSPS) is 23.0. The molecular weight excluding hydrogens is 272 g/mol. The number of hydrogen-bond donors (Lipinski definition) is 2. The van der Waals surface area contributed by atoms with Crippen molar-refractivity contribution in [2.45, 2.75) is 31.4 Å². The van der Waals surface area contributed by atoms with E-state index in [4.69, 9.17) is 5.11 Å². The first-order valence-electron chi connectivity index (χ1n) is 5.59. The van der Waals surface area contributed by atoms with Crippen molar-refractivity contribution in [2.24, 2.45) is 0 Å². The first kappa shape index (κ1) is 13.4. The van der Waals surface area contributed by atoms with E-state index >= 15 is 0 Å². The zero-order chi connectivity index (χ0) is 13.3. The third-order valence-electron chi connectivity index (χ3n) is 3.00. The van der Waals surface area contributed by atoms with Gasteiger partial charge in [-0.05, 0) is 44.0 Å². The van der Waals surface area contributed by atoms with Crippen molar-refractivity contribution < 1.29 is 14.7 Å². The van der Waals surface area contributed by atoms with Crippen molar-refractivity contribution in [1.82, 2.24) is 4.37 Å². The Labute approximate surface area is 113 Å². The quantitative estimate of drug-likeness (QED) is 0.891. The Balaban J connectivity index is 2.19. The van der Waals surface area contributed by atoms with E-state index in [0.29, 0.717) is 10.7 Å². The summed E-state index contributed by atoms with van der Waals surface area (Å²) >= 11 is 2.64. The van der Waals surface area contributed by atoms with E-state index in [1.165, 1.54) is 0 Å². The number of nitrogens with zero attached hydrogens (tertiary/aromatic N) is 1. The Bertz CT molecular complexity index is 492. The maximum Gasteiger partial charge on any atom is 0.340 e. The number of rotatable bonds is 3. The third kappa shape index (κ3) is 2.37. The largest absolute Gasteiger partial charge is 0.478 e. The molecule has 1 aliphatic rings. The number of carbonyl (C=O) groups is 2. The van der Waals surface area contributed by atoms with Gasteiger partial charge in [-0.15, -0.1) is 11.8 Å². The number of aromatic nitrogens is 1. The summed E-state index contributed by atoms with van der Waals surface area (Å²) in [6, 6.07) is 0. The number of amides is 1. The lowest BCUT2D eigenvalue weighted by Gasteiger charge is -2.20. The molecule has 1 aliphatic heterocycles. The van der Waals surface area contributed by atoms with E-state index in [0.717, 1.165) is 30.1 Å². The van der Waals surface area contributed by atoms with Gasteiger partial charge in [0, 0.05) is 0 Å². The lowest BCUT2D eigenvalue weighted by molar-refractivity contribution is -0.118. The molecule has 1 saturated heterocycles. The zero-order valence-corrected chi connectivity index (χ0v) is 11.8. The van der Waals surface area contributed by atoms with Gasteiger partial charge in [0.05, 0.1) is 10.4 Å². The first-order chi connectivity index (χ1) is 8.44. The molecule has 0 aliphatic carbocycles. The Morgan fingerprint density at radius 2 is 2.22 bits per heavy atom. The Kier molecular flexibility index (Phi) is 3.63. The summed E-state index contributed by atoms with van der Waals surface area (Å²) in [5.41, 5.74) is 0.534. The number of thioether (sulfide) groups is 1. The van der Waals surface area contributed by atoms with Gasteiger partial charge in [-0.2, -0.15) is 4.37 Å². The van der Waals surface area contributed by atoms with E-state index in [1.54, 1.807) is 18.7 Å². The average molecular weight is 286 g/mol. The lowest BCUT2D eigenvalue weighted by atomic mass is 10.0. The lowest BCUT2D eigenvalue weighted by Crippen LogP contribution is -2.34. The minimum absolute atomic E-state index is 0.0972. The molecule has 0 bridgehead atoms. The van der Waals surface area contributed by atoms with Gasteiger partial charge in [-0.3, -0.25) is 4.79 Å². The molecule has 1 aromatic heterocycles. The van der Waals surface area contributed by atoms with Crippen LogP contribution in [0.25, 0.3) is 0 Å². The predicted octanol–water partition coefficient (Wildman–Crippen LogP) is 2.37. The average Bonchev–Trinajstić information content (AvgIpc) is 2.86. The molecule has 2 heterocycles. The standard InChI is InChI=1S/C11H14N2O3S2/c1-6-7(9(14)15)8(18-13-6)12-10(16)11(2)4-3-5-17-11/h3-5H2,1-2H3,(H,12,16)(H,14,15). The number of anilines is 1. The molecule has 2 N–H and O–H groups in total. The van der Waals surface area contributed by atoms with E-state index in [1.807, 2.05) is 6.92 Å². The van der Waals surface area contributed by atoms with Gasteiger partial charge in [-0.25, -0.2) is 4.79 Å². The van der Waals surface area contributed by atoms with Gasteiger partial charge in [0.1, 0.15) is 10.6 Å². The number of aromatic carboxylic acids is 1. The fraction of sp³-hybridized carbons (Fsp3) is 0.545. The fourth-order valence-corrected chi connectivity index (χ4v) is 3.89. The molecule has 0 saturated carbocycles. The summed E-state index contributed by atoms with van der Waals surface area (Å²) in [6.45, 7) is 3.52. The molecule has 0 radical (unpaired) electrons. The SMILES string of the molecule is Cc1nsc(NC(=O)C2(C)CCCS2)c1C(=O)O. The highest BCUT2D eigenvalue weighted by molar-refractivity contribution is 8.01. The number of carboxylic acid groups (broad SMARTS) is 1. The monoisotopic (exact) mass is 286 g/mol. The molecular formula is C11H14N2O3S2. The summed E-state index contributed by atoms with van der Waals surface area (Å²) in [7, 11) is 0. The summed E-state index contributed by atoms with van der Waals surface area (Å²) in [5, 5.41) is 12.1. The van der Waals surface area contributed by atoms with E-state index in [-0.39, 0.29) is 11.5 Å². The van der Waals surface area contributed by atoms with Crippen LogP contribution in [-0.4, -0.2) is 31.9 Å². The van der Waals surface area contributed by atoms with Crippen molar-refractivity contribution >= 4 is 40.2 Å². The molecule has 18 heavy (non-hydrogen) atoms. The molecule has 5 nitrogen and oxygen atoms in total. The summed E-state index contributed by atoms with van der Waals surface area (Å²) in [4.78, 5) is 23.3. The molecule has 98 valence electrons. The summed E-state index contributed by atoms with van der Waals surface area (Å²) < 4.78 is 3.53. The Hall–Kier alpha value is -1.08. The Morgan fingerprint density at radius 3 is 2.78 bits per heavy atom. The third-order valence-corrected chi connectivity index (χ3v) is 5.38. The molecule has 1 unspecified atom stereocenters. The molecule has 1 atom stereocenters. The molecule has 1 aromatic rings. The van der Waals surface area contributed by atoms with Crippen LogP contribution in [0.5, 0.6) is 0 Å². The maximum absolute atomic E-state index is 12.2. The smallest absolute Gasteiger partial charge is 0.340 e. The molecule has 0 aromatic carbocycles. The highest BCUT2D eigenvalue weighted by atomic mass is 32.2. The van der Waals surface area contributed by atoms with Crippen LogP contribution >= 0.6 is 23.3 Å². The molecule has 1 amide bonds. The number of hydrogen-bond acceptors (Lipinski definition) is 5. The van der Waals surface area contributed by atoms with Gasteiger partial charge >= 0.3 is 5.97 Å². The number of carboxylic acids is 1. The van der Waals surface area contributed by atoms with Crippen LogP contribution in [0, 0.1) is 6.92 Å². The maximum atomic E-state index is 12.2. The van der Waals surface area contributed by atoms with Crippen LogP contribution < -0.4 is 5.32 Å². The van der Waals surface area contributed by atoms with Crippen LogP contribution in [0.4, 0.5) is 5.00 Å². The second kappa shape index (κ2) is 4.89. The number of aryl methyl sites for hydroxylation is 1. The highest BCUT2D eigenvalue weighted by Crippen LogP contribution is 2.39. The van der Waals surface area contributed by atoms with Crippen molar-refractivity contribution in [1.29, 1.82) is 0 Å². The van der Waals surface area contributed by atoms with Crippen LogP contribution in [0.2, 0.25) is 0 Å². The summed E-state index contributed by atoms with van der Waals surface area (Å²) in [5.74, 6) is -0.214. The molecule has 7 heteroatoms. The van der Waals surface area contributed by atoms with E-state index < -0.39 is 10.7 Å². The van der Waals surface area contributed by atoms with Crippen molar-refractivity contribution in [3.05, 3.63) is 11.3 Å². The second-order valence-electron chi connectivity index (χ2n) is 4.41. The number of carbonyl (C=O) groups excluding carboxylic acids is 1. The highest BCUT2D eigenvalue weighted by Gasteiger charge is 2.38. The molecule has 1 fully saturated rings.